The van der Waals surface area contributed by atoms with Crippen LogP contribution in [0.2, 0.25) is 0 Å². The van der Waals surface area contributed by atoms with E-state index in [1.807, 2.05) is 23.2 Å². The van der Waals surface area contributed by atoms with Crippen LogP contribution >= 0.6 is 0 Å². The van der Waals surface area contributed by atoms with Crippen molar-refractivity contribution in [3.05, 3.63) is 24.0 Å². The number of amides is 1. The maximum atomic E-state index is 12.6. The molecule has 0 aromatic carbocycles. The molecule has 1 amide bonds. The SMILES string of the molecule is O=C(c1ccc[nH]1)N1CC[C@@H]2[C@@H](CC1)OCCN2CCN1CCCC1. The molecule has 2 atom stereocenters. The lowest BCUT2D eigenvalue weighted by atomic mass is 10.0. The second-order valence-electron chi connectivity index (χ2n) is 7.51. The summed E-state index contributed by atoms with van der Waals surface area (Å²) in [5.74, 6) is 0.118. The van der Waals surface area contributed by atoms with E-state index < -0.39 is 0 Å². The van der Waals surface area contributed by atoms with Gasteiger partial charge in [-0.25, -0.2) is 0 Å². The number of aromatic nitrogens is 1. The van der Waals surface area contributed by atoms with E-state index in [2.05, 4.69) is 14.8 Å². The molecule has 0 unspecified atom stereocenters. The number of nitrogens with one attached hydrogen (secondary N) is 1. The summed E-state index contributed by atoms with van der Waals surface area (Å²) in [7, 11) is 0. The number of hydrogen-bond acceptors (Lipinski definition) is 4. The van der Waals surface area contributed by atoms with Gasteiger partial charge in [0.1, 0.15) is 5.69 Å². The maximum absolute atomic E-state index is 12.6. The zero-order chi connectivity index (χ0) is 17.1. The van der Waals surface area contributed by atoms with Gasteiger partial charge < -0.3 is 19.5 Å². The molecule has 0 radical (unpaired) electrons. The van der Waals surface area contributed by atoms with Crippen LogP contribution in [0.5, 0.6) is 0 Å². The zero-order valence-corrected chi connectivity index (χ0v) is 15.0. The molecule has 25 heavy (non-hydrogen) atoms. The summed E-state index contributed by atoms with van der Waals surface area (Å²) in [5.41, 5.74) is 0.691. The maximum Gasteiger partial charge on any atom is 0.270 e. The molecule has 3 aliphatic rings. The highest BCUT2D eigenvalue weighted by Crippen LogP contribution is 2.24. The molecule has 0 aliphatic carbocycles. The number of carbonyl (C=O) groups is 1. The molecule has 1 aromatic heterocycles. The molecule has 4 rings (SSSR count). The molecule has 6 nitrogen and oxygen atoms in total. The quantitative estimate of drug-likeness (QED) is 0.896. The predicted octanol–water partition coefficient (Wildman–Crippen LogP) is 1.42. The Morgan fingerprint density at radius 1 is 1.12 bits per heavy atom. The van der Waals surface area contributed by atoms with Crippen molar-refractivity contribution in [3.63, 3.8) is 0 Å². The van der Waals surface area contributed by atoms with Crippen LogP contribution in [0.15, 0.2) is 18.3 Å². The van der Waals surface area contributed by atoms with E-state index in [0.717, 1.165) is 45.6 Å². The van der Waals surface area contributed by atoms with E-state index in [1.54, 1.807) is 0 Å². The van der Waals surface area contributed by atoms with Gasteiger partial charge in [0.25, 0.3) is 5.91 Å². The van der Waals surface area contributed by atoms with Crippen molar-refractivity contribution in [2.45, 2.75) is 37.8 Å². The first-order valence-electron chi connectivity index (χ1n) is 9.82. The summed E-state index contributed by atoms with van der Waals surface area (Å²) in [4.78, 5) is 22.9. The van der Waals surface area contributed by atoms with Crippen molar-refractivity contribution < 1.29 is 9.53 Å². The van der Waals surface area contributed by atoms with Crippen molar-refractivity contribution in [2.24, 2.45) is 0 Å². The van der Waals surface area contributed by atoms with Gasteiger partial charge in [-0.3, -0.25) is 9.69 Å². The van der Waals surface area contributed by atoms with Crippen LogP contribution in [0.4, 0.5) is 0 Å². The number of likely N-dealkylation sites (tertiary alicyclic amines) is 2. The van der Waals surface area contributed by atoms with Gasteiger partial charge in [-0.2, -0.15) is 0 Å². The number of carbonyl (C=O) groups excluding carboxylic acids is 1. The fourth-order valence-electron chi connectivity index (χ4n) is 4.55. The Labute approximate surface area is 150 Å². The van der Waals surface area contributed by atoms with E-state index in [1.165, 1.54) is 32.5 Å². The third kappa shape index (κ3) is 3.91. The van der Waals surface area contributed by atoms with E-state index in [4.69, 9.17) is 4.74 Å². The minimum absolute atomic E-state index is 0.118. The van der Waals surface area contributed by atoms with Crippen molar-refractivity contribution in [1.82, 2.24) is 19.7 Å². The fourth-order valence-corrected chi connectivity index (χ4v) is 4.55. The van der Waals surface area contributed by atoms with Gasteiger partial charge >= 0.3 is 0 Å². The van der Waals surface area contributed by atoms with Gasteiger partial charge in [0, 0.05) is 45.0 Å². The molecule has 6 heteroatoms. The molecule has 1 aromatic rings. The smallest absolute Gasteiger partial charge is 0.270 e. The summed E-state index contributed by atoms with van der Waals surface area (Å²) in [5, 5.41) is 0. The molecule has 3 aliphatic heterocycles. The molecule has 0 saturated carbocycles. The molecule has 138 valence electrons. The van der Waals surface area contributed by atoms with Crippen molar-refractivity contribution in [2.75, 3.05) is 52.4 Å². The Balaban J connectivity index is 1.36. The second kappa shape index (κ2) is 7.89. The number of ether oxygens (including phenoxy) is 1. The Morgan fingerprint density at radius 3 is 2.76 bits per heavy atom. The molecule has 3 saturated heterocycles. The van der Waals surface area contributed by atoms with E-state index in [0.29, 0.717) is 11.7 Å². The lowest BCUT2D eigenvalue weighted by molar-refractivity contribution is -0.0727. The standard InChI is InChI=1S/C19H30N4O2/c24-19(16-4-3-7-20-16)23-10-5-17-18(6-11-23)25-15-14-22(17)13-12-21-8-1-2-9-21/h3-4,7,17-18,20H,1-2,5-6,8-15H2/t17-,18-/m1/s1. The topological polar surface area (TPSA) is 51.8 Å². The van der Waals surface area contributed by atoms with Crippen molar-refractivity contribution >= 4 is 5.91 Å². The monoisotopic (exact) mass is 346 g/mol. The minimum Gasteiger partial charge on any atom is -0.375 e. The number of H-pyrrole nitrogens is 1. The fraction of sp³-hybridized carbons (Fsp3) is 0.737. The molecule has 1 N–H and O–H groups in total. The van der Waals surface area contributed by atoms with Crippen LogP contribution < -0.4 is 0 Å². The number of nitrogens with zero attached hydrogens (tertiary/aromatic N) is 3. The summed E-state index contributed by atoms with van der Waals surface area (Å²) >= 11 is 0. The molecular weight excluding hydrogens is 316 g/mol. The van der Waals surface area contributed by atoms with Gasteiger partial charge in [0.05, 0.1) is 12.7 Å². The van der Waals surface area contributed by atoms with E-state index in [9.17, 15) is 4.79 Å². The number of aromatic amines is 1. The first-order valence-corrected chi connectivity index (χ1v) is 9.82. The van der Waals surface area contributed by atoms with Crippen LogP contribution in [0.3, 0.4) is 0 Å². The summed E-state index contributed by atoms with van der Waals surface area (Å²) in [6, 6.07) is 4.20. The van der Waals surface area contributed by atoms with Crippen LogP contribution in [0.25, 0.3) is 0 Å². The van der Waals surface area contributed by atoms with Crippen molar-refractivity contribution in [1.29, 1.82) is 0 Å². The van der Waals surface area contributed by atoms with Crippen LogP contribution in [-0.2, 0) is 4.74 Å². The summed E-state index contributed by atoms with van der Waals surface area (Å²) in [6.45, 7) is 8.30. The summed E-state index contributed by atoms with van der Waals surface area (Å²) < 4.78 is 6.08. The highest BCUT2D eigenvalue weighted by molar-refractivity contribution is 5.92. The molecule has 3 fully saturated rings. The average Bonchev–Trinajstić information content (AvgIpc) is 3.30. The van der Waals surface area contributed by atoms with Gasteiger partial charge in [0.2, 0.25) is 0 Å². The number of fused-ring (bicyclic) bond motifs is 1. The Kier molecular flexibility index (Phi) is 5.39. The van der Waals surface area contributed by atoms with Crippen LogP contribution in [-0.4, -0.2) is 90.2 Å². The molecular formula is C19H30N4O2. The largest absolute Gasteiger partial charge is 0.375 e. The van der Waals surface area contributed by atoms with E-state index in [-0.39, 0.29) is 12.0 Å². The van der Waals surface area contributed by atoms with Gasteiger partial charge in [-0.05, 0) is 50.9 Å². The Hall–Kier alpha value is -1.37. The number of rotatable bonds is 4. The first kappa shape index (κ1) is 17.1. The van der Waals surface area contributed by atoms with Crippen LogP contribution in [0.1, 0.15) is 36.2 Å². The molecule has 0 spiro atoms. The molecule has 4 heterocycles. The van der Waals surface area contributed by atoms with Crippen molar-refractivity contribution in [3.8, 4) is 0 Å². The lowest BCUT2D eigenvalue weighted by Gasteiger charge is -2.41. The highest BCUT2D eigenvalue weighted by Gasteiger charge is 2.35. The van der Waals surface area contributed by atoms with Gasteiger partial charge in [-0.1, -0.05) is 0 Å². The Bertz CT molecular complexity index is 556. The van der Waals surface area contributed by atoms with Gasteiger partial charge in [0.15, 0.2) is 0 Å². The van der Waals surface area contributed by atoms with Gasteiger partial charge in [-0.15, -0.1) is 0 Å². The normalized spacial score (nSPS) is 28.7. The predicted molar refractivity (Wildman–Crippen MR) is 96.7 cm³/mol. The number of morpholine rings is 1. The third-order valence-corrected chi connectivity index (χ3v) is 6.00. The number of hydrogen-bond donors (Lipinski definition) is 1. The minimum atomic E-state index is 0.118. The summed E-state index contributed by atoms with van der Waals surface area (Å²) in [6.07, 6.45) is 6.74. The highest BCUT2D eigenvalue weighted by atomic mass is 16.5. The second-order valence-corrected chi connectivity index (χ2v) is 7.51. The third-order valence-electron chi connectivity index (χ3n) is 6.00. The Morgan fingerprint density at radius 2 is 1.96 bits per heavy atom. The van der Waals surface area contributed by atoms with E-state index >= 15 is 0 Å². The molecule has 0 bridgehead atoms. The average molecular weight is 346 g/mol. The lowest BCUT2D eigenvalue weighted by Crippen LogP contribution is -2.53. The van der Waals surface area contributed by atoms with Crippen LogP contribution in [0, 0.1) is 0 Å². The zero-order valence-electron chi connectivity index (χ0n) is 15.0. The first-order chi connectivity index (χ1) is 12.3.